The van der Waals surface area contributed by atoms with Gasteiger partial charge in [-0.1, -0.05) is 109 Å². The Morgan fingerprint density at radius 3 is 1.52 bits per heavy atom. The van der Waals surface area contributed by atoms with Crippen LogP contribution >= 0.6 is 0 Å². The second-order valence-corrected chi connectivity index (χ2v) is 7.83. The Morgan fingerprint density at radius 1 is 0.387 bits per heavy atom. The molecular formula is C30H21N. The maximum absolute atomic E-state index is 2.42. The Labute approximate surface area is 181 Å². The van der Waals surface area contributed by atoms with Crippen LogP contribution in [0, 0.1) is 0 Å². The highest BCUT2D eigenvalue weighted by Gasteiger charge is 2.16. The number of aromatic nitrogens is 1. The number of nitrogens with zero attached hydrogens (tertiary/aromatic N) is 1. The van der Waals surface area contributed by atoms with Crippen molar-refractivity contribution in [1.29, 1.82) is 0 Å². The van der Waals surface area contributed by atoms with E-state index in [0.717, 1.165) is 0 Å². The molecule has 0 saturated heterocycles. The molecule has 0 unspecified atom stereocenters. The van der Waals surface area contributed by atoms with E-state index in [4.69, 9.17) is 0 Å². The predicted molar refractivity (Wildman–Crippen MR) is 132 cm³/mol. The molecule has 0 aliphatic carbocycles. The first-order valence-corrected chi connectivity index (χ1v) is 10.6. The third kappa shape index (κ3) is 2.94. The van der Waals surface area contributed by atoms with Gasteiger partial charge in [-0.25, -0.2) is 0 Å². The molecule has 31 heavy (non-hydrogen) atoms. The molecule has 1 nitrogen and oxygen atoms in total. The molecule has 1 heterocycles. The summed E-state index contributed by atoms with van der Waals surface area (Å²) in [5, 5.41) is 2.56. The molecule has 1 aromatic heterocycles. The van der Waals surface area contributed by atoms with Crippen LogP contribution in [0.15, 0.2) is 127 Å². The van der Waals surface area contributed by atoms with Gasteiger partial charge in [0.1, 0.15) is 0 Å². The molecule has 0 aliphatic heterocycles. The molecule has 0 saturated carbocycles. The van der Waals surface area contributed by atoms with Crippen molar-refractivity contribution in [2.24, 2.45) is 0 Å². The van der Waals surface area contributed by atoms with Gasteiger partial charge < -0.3 is 4.57 Å². The molecule has 0 bridgehead atoms. The fourth-order valence-corrected chi connectivity index (χ4v) is 4.57. The van der Waals surface area contributed by atoms with Crippen LogP contribution in [0.1, 0.15) is 0 Å². The zero-order valence-corrected chi connectivity index (χ0v) is 17.1. The molecule has 0 aliphatic rings. The van der Waals surface area contributed by atoms with Crippen molar-refractivity contribution in [1.82, 2.24) is 4.57 Å². The molecule has 5 aromatic carbocycles. The first-order chi connectivity index (χ1) is 15.4. The largest absolute Gasteiger partial charge is 0.309 e. The number of hydrogen-bond acceptors (Lipinski definition) is 0. The Hall–Kier alpha value is -4.10. The minimum absolute atomic E-state index is 1.20. The molecule has 1 heteroatoms. The minimum atomic E-state index is 1.20. The zero-order valence-electron chi connectivity index (χ0n) is 17.1. The number of fused-ring (bicyclic) bond motifs is 3. The number of benzene rings is 5. The van der Waals surface area contributed by atoms with Crippen molar-refractivity contribution in [3.63, 3.8) is 0 Å². The Balaban J connectivity index is 1.73. The lowest BCUT2D eigenvalue weighted by Crippen LogP contribution is -1.98. The van der Waals surface area contributed by atoms with Gasteiger partial charge in [0.25, 0.3) is 0 Å². The fourth-order valence-electron chi connectivity index (χ4n) is 4.57. The van der Waals surface area contributed by atoms with E-state index in [9.17, 15) is 0 Å². The van der Waals surface area contributed by atoms with Gasteiger partial charge in [-0.15, -0.1) is 0 Å². The number of para-hydroxylation sites is 2. The van der Waals surface area contributed by atoms with Crippen LogP contribution in [0.3, 0.4) is 0 Å². The van der Waals surface area contributed by atoms with E-state index in [1.165, 1.54) is 49.7 Å². The van der Waals surface area contributed by atoms with Crippen molar-refractivity contribution in [3.05, 3.63) is 127 Å². The third-order valence-electron chi connectivity index (χ3n) is 6.01. The van der Waals surface area contributed by atoms with E-state index in [1.807, 2.05) is 0 Å². The van der Waals surface area contributed by atoms with E-state index in [0.29, 0.717) is 0 Å². The van der Waals surface area contributed by atoms with Gasteiger partial charge in [0.05, 0.1) is 16.7 Å². The van der Waals surface area contributed by atoms with Gasteiger partial charge in [-0.3, -0.25) is 0 Å². The van der Waals surface area contributed by atoms with Crippen LogP contribution < -0.4 is 0 Å². The van der Waals surface area contributed by atoms with Gasteiger partial charge in [-0.2, -0.15) is 0 Å². The van der Waals surface area contributed by atoms with E-state index in [1.54, 1.807) is 0 Å². The summed E-state index contributed by atoms with van der Waals surface area (Å²) in [5.41, 5.74) is 8.55. The molecule has 0 radical (unpaired) electrons. The van der Waals surface area contributed by atoms with E-state index in [-0.39, 0.29) is 0 Å². The Bertz CT molecular complexity index is 1460. The highest BCUT2D eigenvalue weighted by molar-refractivity contribution is 6.09. The Kier molecular flexibility index (Phi) is 4.18. The number of hydrogen-bond donors (Lipinski definition) is 0. The van der Waals surface area contributed by atoms with Crippen molar-refractivity contribution in [2.45, 2.75) is 0 Å². The average Bonchev–Trinajstić information content (AvgIpc) is 3.19. The van der Waals surface area contributed by atoms with Gasteiger partial charge >= 0.3 is 0 Å². The SMILES string of the molecule is c1ccc(-c2ccc(-c3ccccc3)c(-n3c4ccccc4c4ccccc43)c2)cc1. The first-order valence-electron chi connectivity index (χ1n) is 10.6. The molecular weight excluding hydrogens is 374 g/mol. The number of rotatable bonds is 3. The van der Waals surface area contributed by atoms with Crippen LogP contribution in [0.5, 0.6) is 0 Å². The normalized spacial score (nSPS) is 11.2. The molecule has 0 N–H and O–H groups in total. The standard InChI is InChI=1S/C30H21N/c1-3-11-22(12-4-1)24-19-20-25(23-13-5-2-6-14-23)30(21-24)31-28-17-9-7-15-26(28)27-16-8-10-18-29(27)31/h1-21H. The van der Waals surface area contributed by atoms with Crippen molar-refractivity contribution >= 4 is 21.8 Å². The lowest BCUT2D eigenvalue weighted by atomic mass is 9.98. The van der Waals surface area contributed by atoms with Gasteiger partial charge in [0.15, 0.2) is 0 Å². The summed E-state index contributed by atoms with van der Waals surface area (Å²) in [6, 6.07) is 45.5. The van der Waals surface area contributed by atoms with E-state index < -0.39 is 0 Å². The molecule has 6 rings (SSSR count). The smallest absolute Gasteiger partial charge is 0.0546 e. The third-order valence-corrected chi connectivity index (χ3v) is 6.01. The second-order valence-electron chi connectivity index (χ2n) is 7.83. The summed E-state index contributed by atoms with van der Waals surface area (Å²) in [7, 11) is 0. The summed E-state index contributed by atoms with van der Waals surface area (Å²) in [4.78, 5) is 0. The molecule has 6 aromatic rings. The van der Waals surface area contributed by atoms with Crippen LogP contribution in [0.25, 0.3) is 49.7 Å². The maximum atomic E-state index is 2.42. The van der Waals surface area contributed by atoms with E-state index in [2.05, 4.69) is 132 Å². The van der Waals surface area contributed by atoms with Crippen LogP contribution in [0.4, 0.5) is 0 Å². The summed E-state index contributed by atoms with van der Waals surface area (Å²) in [6.07, 6.45) is 0. The lowest BCUT2D eigenvalue weighted by molar-refractivity contribution is 1.18. The highest BCUT2D eigenvalue weighted by Crippen LogP contribution is 2.37. The summed E-state index contributed by atoms with van der Waals surface area (Å²) in [6.45, 7) is 0. The molecule has 146 valence electrons. The maximum Gasteiger partial charge on any atom is 0.0546 e. The van der Waals surface area contributed by atoms with E-state index >= 15 is 0 Å². The highest BCUT2D eigenvalue weighted by atomic mass is 15.0. The first kappa shape index (κ1) is 17.7. The van der Waals surface area contributed by atoms with Crippen molar-refractivity contribution < 1.29 is 0 Å². The lowest BCUT2D eigenvalue weighted by Gasteiger charge is -2.16. The zero-order chi connectivity index (χ0) is 20.6. The van der Waals surface area contributed by atoms with Crippen LogP contribution in [-0.2, 0) is 0 Å². The van der Waals surface area contributed by atoms with Crippen LogP contribution in [-0.4, -0.2) is 4.57 Å². The molecule has 0 spiro atoms. The monoisotopic (exact) mass is 395 g/mol. The minimum Gasteiger partial charge on any atom is -0.309 e. The average molecular weight is 396 g/mol. The second kappa shape index (κ2) is 7.30. The molecule has 0 fully saturated rings. The molecule has 0 atom stereocenters. The summed E-state index contributed by atoms with van der Waals surface area (Å²) < 4.78 is 2.42. The van der Waals surface area contributed by atoms with Crippen LogP contribution in [0.2, 0.25) is 0 Å². The quantitative estimate of drug-likeness (QED) is 0.285. The molecule has 0 amide bonds. The summed E-state index contributed by atoms with van der Waals surface area (Å²) >= 11 is 0. The Morgan fingerprint density at radius 2 is 0.903 bits per heavy atom. The van der Waals surface area contributed by atoms with Crippen molar-refractivity contribution in [3.8, 4) is 27.9 Å². The summed E-state index contributed by atoms with van der Waals surface area (Å²) in [5.74, 6) is 0. The van der Waals surface area contributed by atoms with Gasteiger partial charge in [0.2, 0.25) is 0 Å². The van der Waals surface area contributed by atoms with Gasteiger partial charge in [-0.05, 0) is 34.9 Å². The predicted octanol–water partition coefficient (Wildman–Crippen LogP) is 8.12. The topological polar surface area (TPSA) is 4.93 Å². The fraction of sp³-hybridized carbons (Fsp3) is 0. The van der Waals surface area contributed by atoms with Gasteiger partial charge in [0, 0.05) is 16.3 Å². The van der Waals surface area contributed by atoms with Crippen molar-refractivity contribution in [2.75, 3.05) is 0 Å².